The third kappa shape index (κ3) is 6.49. The van der Waals surface area contributed by atoms with Gasteiger partial charge in [0.2, 0.25) is 5.91 Å². The van der Waals surface area contributed by atoms with Gasteiger partial charge in [0.25, 0.3) is 0 Å². The number of hydrogen-bond acceptors (Lipinski definition) is 4. The number of ether oxygens (including phenoxy) is 1. The SMILES string of the molecule is CC(c1ccc(C#CC(C)(C)NC(=O)C2CC2)cc1)N1CCC(C)(CC(C)(C)O)OC1=O. The Morgan fingerprint density at radius 1 is 1.28 bits per heavy atom. The second-order valence-corrected chi connectivity index (χ2v) is 10.7. The molecule has 2 fully saturated rings. The average Bonchev–Trinajstić information content (AvgIpc) is 3.50. The third-order valence-electron chi connectivity index (χ3n) is 6.02. The Morgan fingerprint density at radius 2 is 1.91 bits per heavy atom. The van der Waals surface area contributed by atoms with Crippen LogP contribution < -0.4 is 5.32 Å². The zero-order chi connectivity index (χ0) is 23.7. The van der Waals surface area contributed by atoms with E-state index < -0.39 is 16.7 Å². The fourth-order valence-electron chi connectivity index (χ4n) is 4.20. The molecule has 0 aromatic heterocycles. The Balaban J connectivity index is 1.61. The van der Waals surface area contributed by atoms with Crippen molar-refractivity contribution in [3.63, 3.8) is 0 Å². The van der Waals surface area contributed by atoms with E-state index in [9.17, 15) is 14.7 Å². The molecule has 2 unspecified atom stereocenters. The molecule has 1 aromatic rings. The predicted octanol–water partition coefficient (Wildman–Crippen LogP) is 4.17. The van der Waals surface area contributed by atoms with Crippen molar-refractivity contribution in [1.82, 2.24) is 10.2 Å². The molecule has 3 rings (SSSR count). The summed E-state index contributed by atoms with van der Waals surface area (Å²) in [6.07, 6.45) is 2.65. The predicted molar refractivity (Wildman–Crippen MR) is 124 cm³/mol. The number of hydrogen-bond donors (Lipinski definition) is 2. The van der Waals surface area contributed by atoms with Gasteiger partial charge in [0.1, 0.15) is 5.60 Å². The van der Waals surface area contributed by atoms with Crippen LogP contribution in [0.25, 0.3) is 0 Å². The van der Waals surface area contributed by atoms with Gasteiger partial charge in [-0.3, -0.25) is 4.79 Å². The van der Waals surface area contributed by atoms with E-state index >= 15 is 0 Å². The maximum atomic E-state index is 12.7. The number of aliphatic hydroxyl groups is 1. The van der Waals surface area contributed by atoms with Gasteiger partial charge in [-0.05, 0) is 72.1 Å². The highest BCUT2D eigenvalue weighted by Crippen LogP contribution is 2.34. The number of rotatable bonds is 6. The van der Waals surface area contributed by atoms with Gasteiger partial charge in [-0.2, -0.15) is 0 Å². The minimum absolute atomic E-state index is 0.0838. The molecule has 2 aliphatic rings. The standard InChI is InChI=1S/C26H36N2O4/c1-18(28-16-15-26(6,32-23(28)30)17-25(4,5)31)20-9-7-19(8-10-20)13-14-24(2,3)27-22(29)21-11-12-21/h7-10,18,21,31H,11-12,15-17H2,1-6H3,(H,27,29). The number of benzene rings is 1. The fourth-order valence-corrected chi connectivity index (χ4v) is 4.20. The molecule has 0 radical (unpaired) electrons. The van der Waals surface area contributed by atoms with E-state index in [1.54, 1.807) is 18.7 Å². The molecule has 1 aromatic carbocycles. The second kappa shape index (κ2) is 8.78. The largest absolute Gasteiger partial charge is 0.443 e. The van der Waals surface area contributed by atoms with Crippen molar-refractivity contribution < 1.29 is 19.4 Å². The van der Waals surface area contributed by atoms with Gasteiger partial charge in [-0.1, -0.05) is 24.0 Å². The summed E-state index contributed by atoms with van der Waals surface area (Å²) in [5.74, 6) is 6.53. The van der Waals surface area contributed by atoms with Crippen molar-refractivity contribution in [2.24, 2.45) is 5.92 Å². The molecular formula is C26H36N2O4. The van der Waals surface area contributed by atoms with E-state index in [4.69, 9.17) is 4.74 Å². The number of carbonyl (C=O) groups is 2. The van der Waals surface area contributed by atoms with Crippen molar-refractivity contribution >= 4 is 12.0 Å². The number of carbonyl (C=O) groups excluding carboxylic acids is 2. The second-order valence-electron chi connectivity index (χ2n) is 10.7. The number of nitrogens with zero attached hydrogens (tertiary/aromatic N) is 1. The first-order valence-electron chi connectivity index (χ1n) is 11.4. The summed E-state index contributed by atoms with van der Waals surface area (Å²) >= 11 is 0. The maximum Gasteiger partial charge on any atom is 0.410 e. The van der Waals surface area contributed by atoms with E-state index in [1.807, 2.05) is 52.0 Å². The molecule has 2 amide bonds. The quantitative estimate of drug-likeness (QED) is 0.651. The van der Waals surface area contributed by atoms with Crippen LogP contribution in [0.2, 0.25) is 0 Å². The summed E-state index contributed by atoms with van der Waals surface area (Å²) in [6.45, 7) is 11.7. The van der Waals surface area contributed by atoms with Gasteiger partial charge < -0.3 is 20.1 Å². The molecule has 1 heterocycles. The van der Waals surface area contributed by atoms with Crippen molar-refractivity contribution in [2.45, 2.75) is 90.0 Å². The van der Waals surface area contributed by atoms with Gasteiger partial charge >= 0.3 is 6.09 Å². The molecule has 6 nitrogen and oxygen atoms in total. The van der Waals surface area contributed by atoms with Crippen LogP contribution in [0.1, 0.15) is 84.4 Å². The van der Waals surface area contributed by atoms with Crippen LogP contribution in [-0.4, -0.2) is 45.3 Å². The monoisotopic (exact) mass is 440 g/mol. The Morgan fingerprint density at radius 3 is 2.44 bits per heavy atom. The van der Waals surface area contributed by atoms with Crippen molar-refractivity contribution in [2.75, 3.05) is 6.54 Å². The Labute approximate surface area is 191 Å². The molecule has 1 aliphatic carbocycles. The molecule has 6 heteroatoms. The van der Waals surface area contributed by atoms with Gasteiger partial charge in [0, 0.05) is 30.9 Å². The molecule has 1 saturated carbocycles. The molecule has 0 bridgehead atoms. The highest BCUT2D eigenvalue weighted by molar-refractivity contribution is 5.82. The zero-order valence-electron chi connectivity index (χ0n) is 20.1. The van der Waals surface area contributed by atoms with E-state index in [2.05, 4.69) is 17.2 Å². The lowest BCUT2D eigenvalue weighted by Gasteiger charge is -2.43. The normalized spacial score (nSPS) is 22.5. The maximum absolute atomic E-state index is 12.7. The van der Waals surface area contributed by atoms with Crippen molar-refractivity contribution in [3.05, 3.63) is 35.4 Å². The van der Waals surface area contributed by atoms with Crippen LogP contribution >= 0.6 is 0 Å². The van der Waals surface area contributed by atoms with E-state index in [0.29, 0.717) is 19.4 Å². The minimum atomic E-state index is -0.894. The van der Waals surface area contributed by atoms with Gasteiger partial charge in [0.05, 0.1) is 17.2 Å². The summed E-state index contributed by atoms with van der Waals surface area (Å²) in [5, 5.41) is 13.1. The third-order valence-corrected chi connectivity index (χ3v) is 6.02. The minimum Gasteiger partial charge on any atom is -0.443 e. The summed E-state index contributed by atoms with van der Waals surface area (Å²) in [4.78, 5) is 26.4. The van der Waals surface area contributed by atoms with Gasteiger partial charge in [0.15, 0.2) is 0 Å². The molecule has 2 N–H and O–H groups in total. The summed E-state index contributed by atoms with van der Waals surface area (Å²) in [5.41, 5.74) is -0.283. The van der Waals surface area contributed by atoms with Gasteiger partial charge in [-0.15, -0.1) is 0 Å². The van der Waals surface area contributed by atoms with Crippen LogP contribution in [-0.2, 0) is 9.53 Å². The molecular weight excluding hydrogens is 404 g/mol. The lowest BCUT2D eigenvalue weighted by molar-refractivity contribution is -0.123. The summed E-state index contributed by atoms with van der Waals surface area (Å²) in [6, 6.07) is 7.69. The number of cyclic esters (lactones) is 1. The zero-order valence-corrected chi connectivity index (χ0v) is 20.1. The van der Waals surface area contributed by atoms with Gasteiger partial charge in [-0.25, -0.2) is 4.79 Å². The molecule has 32 heavy (non-hydrogen) atoms. The lowest BCUT2D eigenvalue weighted by atomic mass is 9.87. The highest BCUT2D eigenvalue weighted by Gasteiger charge is 2.41. The molecule has 2 atom stereocenters. The Bertz CT molecular complexity index is 916. The fraction of sp³-hybridized carbons (Fsp3) is 0.615. The van der Waals surface area contributed by atoms with Crippen LogP contribution in [0.4, 0.5) is 4.79 Å². The lowest BCUT2D eigenvalue weighted by Crippen LogP contribution is -2.51. The Kier molecular flexibility index (Phi) is 6.62. The van der Waals surface area contributed by atoms with Crippen molar-refractivity contribution in [3.8, 4) is 11.8 Å². The molecule has 174 valence electrons. The molecule has 1 aliphatic heterocycles. The average molecular weight is 441 g/mol. The summed E-state index contributed by atoms with van der Waals surface area (Å²) in [7, 11) is 0. The van der Waals surface area contributed by atoms with Crippen LogP contribution in [0.5, 0.6) is 0 Å². The van der Waals surface area contributed by atoms with Crippen LogP contribution in [0.3, 0.4) is 0 Å². The number of nitrogens with one attached hydrogen (secondary N) is 1. The van der Waals surface area contributed by atoms with Crippen LogP contribution in [0, 0.1) is 17.8 Å². The van der Waals surface area contributed by atoms with Crippen molar-refractivity contribution in [1.29, 1.82) is 0 Å². The van der Waals surface area contributed by atoms with E-state index in [1.165, 1.54) is 0 Å². The van der Waals surface area contributed by atoms with Crippen LogP contribution in [0.15, 0.2) is 24.3 Å². The molecule has 0 spiro atoms. The first-order valence-corrected chi connectivity index (χ1v) is 11.4. The summed E-state index contributed by atoms with van der Waals surface area (Å²) < 4.78 is 5.73. The Hall–Kier alpha value is -2.52. The first kappa shape index (κ1) is 24.1. The topological polar surface area (TPSA) is 78.9 Å². The first-order chi connectivity index (χ1) is 14.8. The number of amides is 2. The highest BCUT2D eigenvalue weighted by atomic mass is 16.6. The molecule has 1 saturated heterocycles. The van der Waals surface area contributed by atoms with E-state index in [0.717, 1.165) is 24.0 Å². The smallest absolute Gasteiger partial charge is 0.410 e. The van der Waals surface area contributed by atoms with E-state index in [-0.39, 0.29) is 24.0 Å².